The Kier molecular flexibility index (Phi) is 7.38. The van der Waals surface area contributed by atoms with Gasteiger partial charge in [0.15, 0.2) is 0 Å². The molecule has 1 rings (SSSR count). The van der Waals surface area contributed by atoms with Crippen molar-refractivity contribution in [1.82, 2.24) is 5.32 Å². The number of aliphatic hydroxyl groups is 1. The third-order valence-corrected chi connectivity index (χ3v) is 4.47. The quantitative estimate of drug-likeness (QED) is 0.495. The monoisotopic (exact) mass is 412 g/mol. The average Bonchev–Trinajstić information content (AvgIpc) is 2.41. The molecule has 0 aromatic heterocycles. The first-order valence-electron chi connectivity index (χ1n) is 8.56. The maximum Gasteiger partial charge on any atom is 0.407 e. The molecule has 140 valence electrons. The Morgan fingerprint density at radius 3 is 2.48 bits per heavy atom. The summed E-state index contributed by atoms with van der Waals surface area (Å²) in [6, 6.07) is 3.94. The molecule has 1 aromatic carbocycles. The summed E-state index contributed by atoms with van der Waals surface area (Å²) in [5, 5.41) is 12.7. The Morgan fingerprint density at radius 2 is 1.96 bits per heavy atom. The third kappa shape index (κ3) is 7.69. The molecule has 25 heavy (non-hydrogen) atoms. The number of amides is 1. The van der Waals surface area contributed by atoms with Crippen LogP contribution in [0.2, 0.25) is 0 Å². The first-order chi connectivity index (χ1) is 11.3. The largest absolute Gasteiger partial charge is 0.444 e. The van der Waals surface area contributed by atoms with Gasteiger partial charge in [0.25, 0.3) is 0 Å². The van der Waals surface area contributed by atoms with Crippen LogP contribution in [0.5, 0.6) is 0 Å². The number of benzene rings is 1. The van der Waals surface area contributed by atoms with Crippen molar-refractivity contribution in [2.24, 2.45) is 0 Å². The number of hydrogen-bond donors (Lipinski definition) is 3. The van der Waals surface area contributed by atoms with E-state index in [0.717, 1.165) is 15.6 Å². The Balaban J connectivity index is 2.84. The number of nitrogens with two attached hydrogens (primary N) is 1. The maximum absolute atomic E-state index is 11.8. The van der Waals surface area contributed by atoms with E-state index in [-0.39, 0.29) is 5.82 Å². The van der Waals surface area contributed by atoms with E-state index in [0.29, 0.717) is 25.1 Å². The third-order valence-electron chi connectivity index (χ3n) is 3.77. The van der Waals surface area contributed by atoms with Crippen LogP contribution < -0.4 is 11.1 Å². The molecule has 1 atom stereocenters. The topological polar surface area (TPSA) is 84.6 Å². The summed E-state index contributed by atoms with van der Waals surface area (Å²) < 4.78 is 6.18. The second kappa shape index (κ2) is 8.45. The minimum Gasteiger partial charge on any atom is -0.444 e. The van der Waals surface area contributed by atoms with Crippen molar-refractivity contribution in [3.8, 4) is 0 Å². The predicted molar refractivity (Wildman–Crippen MR) is 109 cm³/mol. The number of alkyl carbamates (subject to hydrolysis) is 1. The average molecular weight is 413 g/mol. The number of nitrogen functional groups attached to an aromatic ring is 1. The van der Waals surface area contributed by atoms with Crippen LogP contribution in [-0.2, 0) is 11.2 Å². The van der Waals surface area contributed by atoms with E-state index in [4.69, 9.17) is 10.5 Å². The Labute approximate surface area is 160 Å². The van der Waals surface area contributed by atoms with Gasteiger partial charge < -0.3 is 20.9 Å². The lowest BCUT2D eigenvalue weighted by molar-refractivity contribution is 0.0527. The lowest BCUT2D eigenvalue weighted by Gasteiger charge is -2.23. The first kappa shape index (κ1) is 21.8. The predicted octanol–water partition coefficient (Wildman–Crippen LogP) is 2.93. The molecule has 1 amide bonds. The number of carbonyl (C=O) groups excluding carboxylic acids is 1. The van der Waals surface area contributed by atoms with E-state index in [1.165, 1.54) is 0 Å². The smallest absolute Gasteiger partial charge is 0.407 e. The molecule has 1 aromatic rings. The summed E-state index contributed by atoms with van der Waals surface area (Å²) in [5.74, 6) is 0.0176. The van der Waals surface area contributed by atoms with Crippen molar-refractivity contribution >= 4 is 35.6 Å². The van der Waals surface area contributed by atoms with Crippen LogP contribution >= 0.6 is 15.9 Å². The summed E-state index contributed by atoms with van der Waals surface area (Å²) in [4.78, 5) is 11.8. The molecule has 0 aliphatic carbocycles. The fraction of sp³-hybridized carbons (Fsp3) is 0.611. The van der Waals surface area contributed by atoms with Crippen LogP contribution in [0.4, 0.5) is 10.5 Å². The van der Waals surface area contributed by atoms with Crippen LogP contribution in [0.25, 0.3) is 0 Å². The summed E-state index contributed by atoms with van der Waals surface area (Å²) >= 11 is 3.56. The van der Waals surface area contributed by atoms with Crippen molar-refractivity contribution in [3.05, 3.63) is 27.7 Å². The molecule has 0 heterocycles. The van der Waals surface area contributed by atoms with Crippen LogP contribution in [0, 0.1) is 0 Å². The second-order valence-electron chi connectivity index (χ2n) is 8.13. The first-order valence-corrected chi connectivity index (χ1v) is 9.35. The van der Waals surface area contributed by atoms with Gasteiger partial charge in [0.1, 0.15) is 13.4 Å². The van der Waals surface area contributed by atoms with E-state index in [9.17, 15) is 9.90 Å². The van der Waals surface area contributed by atoms with Crippen molar-refractivity contribution in [2.45, 2.75) is 64.5 Å². The van der Waals surface area contributed by atoms with Crippen molar-refractivity contribution in [2.75, 3.05) is 12.3 Å². The fourth-order valence-electron chi connectivity index (χ4n) is 2.47. The lowest BCUT2D eigenvalue weighted by atomic mass is 9.79. The lowest BCUT2D eigenvalue weighted by Crippen LogP contribution is -2.35. The highest BCUT2D eigenvalue weighted by molar-refractivity contribution is 9.10. The van der Waals surface area contributed by atoms with Gasteiger partial charge in [0, 0.05) is 16.7 Å². The molecule has 0 aliphatic heterocycles. The van der Waals surface area contributed by atoms with Crippen LogP contribution in [0.15, 0.2) is 16.6 Å². The molecule has 4 N–H and O–H groups in total. The molecule has 0 radical (unpaired) electrons. The molecule has 0 aliphatic rings. The van der Waals surface area contributed by atoms with Crippen molar-refractivity contribution < 1.29 is 14.6 Å². The highest BCUT2D eigenvalue weighted by atomic mass is 79.9. The number of ether oxygens (including phenoxy) is 1. The van der Waals surface area contributed by atoms with Crippen molar-refractivity contribution in [1.29, 1.82) is 0 Å². The van der Waals surface area contributed by atoms with E-state index in [1.54, 1.807) is 13.8 Å². The number of hydrogen-bond acceptors (Lipinski definition) is 4. The standard InChI is InChI=1S/C18H30BBrN2O3/c1-17(2,3)25-16(23)22-10-12(19)14-13(20)7-6-11(15(14)21)8-9-18(4,5)24/h6-7,12,24H,8-10,19,21H2,1-5H3,(H,22,23). The van der Waals surface area contributed by atoms with Gasteiger partial charge >= 0.3 is 6.09 Å². The molecule has 1 unspecified atom stereocenters. The molecule has 0 bridgehead atoms. The van der Waals surface area contributed by atoms with Gasteiger partial charge in [-0.2, -0.15) is 0 Å². The summed E-state index contributed by atoms with van der Waals surface area (Å²) in [6.07, 6.45) is 0.886. The number of anilines is 1. The van der Waals surface area contributed by atoms with E-state index < -0.39 is 17.3 Å². The number of carbonyl (C=O) groups is 1. The molecule has 5 nitrogen and oxygen atoms in total. The number of rotatable bonds is 6. The number of halogens is 1. The normalized spacial score (nSPS) is 13.4. The molecule has 7 heteroatoms. The van der Waals surface area contributed by atoms with Gasteiger partial charge in [-0.05, 0) is 70.5 Å². The van der Waals surface area contributed by atoms with Crippen molar-refractivity contribution in [3.63, 3.8) is 0 Å². The number of aryl methyl sites for hydroxylation is 1. The second-order valence-corrected chi connectivity index (χ2v) is 8.98. The summed E-state index contributed by atoms with van der Waals surface area (Å²) in [6.45, 7) is 9.49. The van der Waals surface area contributed by atoms with Crippen LogP contribution in [-0.4, -0.2) is 36.8 Å². The van der Waals surface area contributed by atoms with Gasteiger partial charge in [-0.25, -0.2) is 4.79 Å². The maximum atomic E-state index is 11.8. The van der Waals surface area contributed by atoms with E-state index in [1.807, 2.05) is 40.8 Å². The molecule has 0 spiro atoms. The number of nitrogens with one attached hydrogen (secondary N) is 1. The fourth-order valence-corrected chi connectivity index (χ4v) is 3.20. The zero-order valence-corrected chi connectivity index (χ0v) is 17.7. The van der Waals surface area contributed by atoms with E-state index >= 15 is 0 Å². The highest BCUT2D eigenvalue weighted by Crippen LogP contribution is 2.32. The minimum atomic E-state index is -0.733. The molecular formula is C18H30BBrN2O3. The highest BCUT2D eigenvalue weighted by Gasteiger charge is 2.20. The zero-order chi connectivity index (χ0) is 19.4. The Bertz CT molecular complexity index is 610. The molecular weight excluding hydrogens is 383 g/mol. The Hall–Kier alpha value is -1.21. The van der Waals surface area contributed by atoms with Gasteiger partial charge in [0.05, 0.1) is 5.60 Å². The minimum absolute atomic E-state index is 0.0176. The summed E-state index contributed by atoms with van der Waals surface area (Å²) in [5.41, 5.74) is 7.78. The molecule has 0 saturated heterocycles. The van der Waals surface area contributed by atoms with Gasteiger partial charge in [0.2, 0.25) is 0 Å². The SMILES string of the molecule is BC(CNC(=O)OC(C)(C)C)c1c(Br)ccc(CCC(C)(C)O)c1N. The van der Waals surface area contributed by atoms with Crippen LogP contribution in [0.3, 0.4) is 0 Å². The molecule has 0 fully saturated rings. The van der Waals surface area contributed by atoms with Crippen LogP contribution in [0.1, 0.15) is 58.0 Å². The summed E-state index contributed by atoms with van der Waals surface area (Å²) in [7, 11) is 2.01. The van der Waals surface area contributed by atoms with E-state index in [2.05, 4.69) is 21.2 Å². The molecule has 0 saturated carbocycles. The Morgan fingerprint density at radius 1 is 1.36 bits per heavy atom. The van der Waals surface area contributed by atoms with Gasteiger partial charge in [-0.3, -0.25) is 0 Å². The van der Waals surface area contributed by atoms with Gasteiger partial charge in [-0.1, -0.05) is 22.0 Å². The van der Waals surface area contributed by atoms with Gasteiger partial charge in [-0.15, -0.1) is 0 Å². The zero-order valence-electron chi connectivity index (χ0n) is 16.1.